The van der Waals surface area contributed by atoms with E-state index in [1.54, 1.807) is 0 Å². The summed E-state index contributed by atoms with van der Waals surface area (Å²) in [6, 6.07) is 0. The molecule has 0 radical (unpaired) electrons. The van der Waals surface area contributed by atoms with Crippen molar-refractivity contribution >= 4 is 0 Å². The van der Waals surface area contributed by atoms with Crippen LogP contribution in [0.4, 0.5) is 0 Å². The summed E-state index contributed by atoms with van der Waals surface area (Å²) in [5, 5.41) is 3.32. The molecule has 0 aliphatic carbocycles. The molecular weight excluding hydrogens is 98.1 g/mol. The molecule has 0 aromatic carbocycles. The summed E-state index contributed by atoms with van der Waals surface area (Å²) in [4.78, 5) is 0. The minimum Gasteiger partial charge on any atom is -0.312 e. The van der Waals surface area contributed by atoms with Gasteiger partial charge in [-0.1, -0.05) is 18.6 Å². The van der Waals surface area contributed by atoms with E-state index in [4.69, 9.17) is 0 Å². The molecule has 1 heterocycles. The third-order valence-electron chi connectivity index (χ3n) is 1.44. The van der Waals surface area contributed by atoms with E-state index in [0.717, 1.165) is 19.0 Å². The molecule has 0 amide bonds. The van der Waals surface area contributed by atoms with E-state index in [1.165, 1.54) is 5.57 Å². The summed E-state index contributed by atoms with van der Waals surface area (Å²) in [6.45, 7) is 6.64. The molecule has 0 spiro atoms. The van der Waals surface area contributed by atoms with Gasteiger partial charge in [0.2, 0.25) is 0 Å². The molecule has 0 bridgehead atoms. The first-order chi connectivity index (χ1) is 3.79. The van der Waals surface area contributed by atoms with Crippen molar-refractivity contribution in [3.05, 3.63) is 11.6 Å². The van der Waals surface area contributed by atoms with Crippen LogP contribution >= 0.6 is 0 Å². The molecule has 0 aromatic heterocycles. The number of hydrogen-bond acceptors (Lipinski definition) is 1. The number of hydrogen-bond donors (Lipinski definition) is 1. The van der Waals surface area contributed by atoms with Crippen molar-refractivity contribution < 1.29 is 0 Å². The predicted molar refractivity (Wildman–Crippen MR) is 35.8 cm³/mol. The molecule has 0 saturated heterocycles. The van der Waals surface area contributed by atoms with Crippen LogP contribution in [0.5, 0.6) is 0 Å². The molecular formula is C7H13N. The van der Waals surface area contributed by atoms with Crippen LogP contribution in [0.25, 0.3) is 0 Å². The van der Waals surface area contributed by atoms with E-state index in [9.17, 15) is 0 Å². The van der Waals surface area contributed by atoms with Crippen molar-refractivity contribution in [2.24, 2.45) is 5.92 Å². The smallest absolute Gasteiger partial charge is 0.0162 e. The lowest BCUT2D eigenvalue weighted by atomic mass is 10.1. The van der Waals surface area contributed by atoms with Gasteiger partial charge in [0, 0.05) is 13.1 Å². The molecule has 1 aliphatic heterocycles. The Morgan fingerprint density at radius 1 is 1.75 bits per heavy atom. The summed E-state index contributed by atoms with van der Waals surface area (Å²) in [7, 11) is 0. The quantitative estimate of drug-likeness (QED) is 0.463. The van der Waals surface area contributed by atoms with Gasteiger partial charge in [0.25, 0.3) is 0 Å². The van der Waals surface area contributed by atoms with Crippen LogP contribution in [0.15, 0.2) is 11.6 Å². The summed E-state index contributed by atoms with van der Waals surface area (Å²) >= 11 is 0. The molecule has 1 heteroatoms. The normalized spacial score (nSPS) is 29.8. The fourth-order valence-electron chi connectivity index (χ4n) is 1.10. The van der Waals surface area contributed by atoms with E-state index in [0.29, 0.717) is 0 Å². The Hall–Kier alpha value is -0.300. The van der Waals surface area contributed by atoms with Gasteiger partial charge in [0.1, 0.15) is 0 Å². The summed E-state index contributed by atoms with van der Waals surface area (Å²) in [5.41, 5.74) is 1.48. The Morgan fingerprint density at radius 2 is 2.50 bits per heavy atom. The Bertz CT molecular complexity index is 105. The molecule has 46 valence electrons. The molecule has 0 fully saturated rings. The molecule has 0 unspecified atom stereocenters. The highest BCUT2D eigenvalue weighted by Crippen LogP contribution is 2.04. The molecule has 1 rings (SSSR count). The van der Waals surface area contributed by atoms with E-state index in [1.807, 2.05) is 0 Å². The summed E-state index contributed by atoms with van der Waals surface area (Å²) in [5.74, 6) is 0.740. The minimum absolute atomic E-state index is 0.740. The second kappa shape index (κ2) is 2.31. The van der Waals surface area contributed by atoms with Crippen LogP contribution < -0.4 is 5.32 Å². The second-order valence-electron chi connectivity index (χ2n) is 2.62. The first kappa shape index (κ1) is 5.83. The van der Waals surface area contributed by atoms with Crippen molar-refractivity contribution in [3.8, 4) is 0 Å². The number of rotatable bonds is 0. The van der Waals surface area contributed by atoms with Crippen LogP contribution in [-0.2, 0) is 0 Å². The van der Waals surface area contributed by atoms with Crippen molar-refractivity contribution in [1.29, 1.82) is 0 Å². The predicted octanol–water partition coefficient (Wildman–Crippen LogP) is 1.17. The van der Waals surface area contributed by atoms with Gasteiger partial charge in [-0.2, -0.15) is 0 Å². The molecule has 1 aliphatic rings. The fourth-order valence-corrected chi connectivity index (χ4v) is 1.10. The summed E-state index contributed by atoms with van der Waals surface area (Å²) < 4.78 is 0. The van der Waals surface area contributed by atoms with Crippen LogP contribution in [0.1, 0.15) is 13.8 Å². The van der Waals surface area contributed by atoms with Gasteiger partial charge in [-0.05, 0) is 12.8 Å². The van der Waals surface area contributed by atoms with Gasteiger partial charge >= 0.3 is 0 Å². The van der Waals surface area contributed by atoms with Crippen LogP contribution in [-0.4, -0.2) is 13.1 Å². The van der Waals surface area contributed by atoms with Gasteiger partial charge in [0.15, 0.2) is 0 Å². The maximum absolute atomic E-state index is 3.32. The average molecular weight is 111 g/mol. The fraction of sp³-hybridized carbons (Fsp3) is 0.714. The van der Waals surface area contributed by atoms with Gasteiger partial charge in [0.05, 0.1) is 0 Å². The Balaban J connectivity index is 2.50. The maximum atomic E-state index is 3.32. The third-order valence-corrected chi connectivity index (χ3v) is 1.44. The molecule has 1 N–H and O–H groups in total. The van der Waals surface area contributed by atoms with E-state index < -0.39 is 0 Å². The van der Waals surface area contributed by atoms with Gasteiger partial charge in [-0.3, -0.25) is 0 Å². The number of nitrogens with one attached hydrogen (secondary N) is 1. The highest BCUT2D eigenvalue weighted by Gasteiger charge is 2.03. The van der Waals surface area contributed by atoms with E-state index >= 15 is 0 Å². The van der Waals surface area contributed by atoms with E-state index in [-0.39, 0.29) is 0 Å². The summed E-state index contributed by atoms with van der Waals surface area (Å²) in [6.07, 6.45) is 2.33. The zero-order chi connectivity index (χ0) is 5.98. The largest absolute Gasteiger partial charge is 0.312 e. The first-order valence-corrected chi connectivity index (χ1v) is 3.17. The van der Waals surface area contributed by atoms with Gasteiger partial charge in [-0.25, -0.2) is 0 Å². The van der Waals surface area contributed by atoms with Crippen LogP contribution in [0.2, 0.25) is 0 Å². The Labute approximate surface area is 50.8 Å². The SMILES string of the molecule is CC1=C[C@@H](C)CNC1. The van der Waals surface area contributed by atoms with Crippen LogP contribution in [0, 0.1) is 5.92 Å². The lowest BCUT2D eigenvalue weighted by molar-refractivity contribution is 0.583. The Kier molecular flexibility index (Phi) is 1.69. The van der Waals surface area contributed by atoms with Gasteiger partial charge < -0.3 is 5.32 Å². The standard InChI is InChI=1S/C7H13N/c1-6-3-7(2)5-8-4-6/h3,6,8H,4-5H2,1-2H3/t6-/m1/s1. The first-order valence-electron chi connectivity index (χ1n) is 3.17. The lowest BCUT2D eigenvalue weighted by Gasteiger charge is -2.15. The molecule has 1 atom stereocenters. The van der Waals surface area contributed by atoms with E-state index in [2.05, 4.69) is 25.2 Å². The van der Waals surface area contributed by atoms with Crippen molar-refractivity contribution in [1.82, 2.24) is 5.32 Å². The highest BCUT2D eigenvalue weighted by molar-refractivity contribution is 5.06. The Morgan fingerprint density at radius 3 is 2.88 bits per heavy atom. The third kappa shape index (κ3) is 1.34. The zero-order valence-corrected chi connectivity index (χ0v) is 5.57. The average Bonchev–Trinajstić information content (AvgIpc) is 1.64. The maximum Gasteiger partial charge on any atom is 0.0162 e. The second-order valence-corrected chi connectivity index (χ2v) is 2.62. The monoisotopic (exact) mass is 111 g/mol. The highest BCUT2D eigenvalue weighted by atomic mass is 14.9. The van der Waals surface area contributed by atoms with Crippen molar-refractivity contribution in [2.75, 3.05) is 13.1 Å². The van der Waals surface area contributed by atoms with Crippen molar-refractivity contribution in [2.45, 2.75) is 13.8 Å². The van der Waals surface area contributed by atoms with Gasteiger partial charge in [-0.15, -0.1) is 0 Å². The topological polar surface area (TPSA) is 12.0 Å². The van der Waals surface area contributed by atoms with Crippen LogP contribution in [0.3, 0.4) is 0 Å². The minimum atomic E-state index is 0.740. The molecule has 8 heavy (non-hydrogen) atoms. The lowest BCUT2D eigenvalue weighted by Crippen LogP contribution is -2.26. The molecule has 0 saturated carbocycles. The molecule has 1 nitrogen and oxygen atoms in total. The zero-order valence-electron chi connectivity index (χ0n) is 5.57. The van der Waals surface area contributed by atoms with Crippen molar-refractivity contribution in [3.63, 3.8) is 0 Å². The molecule has 0 aromatic rings.